The number of phenolic OH excluding ortho intramolecular Hbond substituents is 1. The molecule has 0 saturated heterocycles. The second-order valence-corrected chi connectivity index (χ2v) is 5.58. The molecule has 0 atom stereocenters. The zero-order valence-corrected chi connectivity index (χ0v) is 12.8. The van der Waals surface area contributed by atoms with Gasteiger partial charge in [0.25, 0.3) is 0 Å². The molecule has 24 heavy (non-hydrogen) atoms. The van der Waals surface area contributed by atoms with E-state index in [1.165, 1.54) is 18.2 Å². The lowest BCUT2D eigenvalue weighted by molar-refractivity contribution is 0.0692. The molecule has 3 rings (SSSR count). The van der Waals surface area contributed by atoms with E-state index in [1.807, 2.05) is 0 Å². The van der Waals surface area contributed by atoms with Crippen LogP contribution in [0.5, 0.6) is 11.5 Å². The zero-order chi connectivity index (χ0) is 17.6. The molecule has 0 aliphatic heterocycles. The standard InChI is InChI=1S/C18H14O6/c1-2-4-8-13-10(7-12(20)15(8)18(23)24)16(21)9-5-3-6-11(19)14(9)17(13)22/h3,5-7,19-20H,2,4H2,1H3,(H,23,24). The van der Waals surface area contributed by atoms with E-state index in [0.29, 0.717) is 6.42 Å². The third-order valence-electron chi connectivity index (χ3n) is 4.11. The molecule has 6 heteroatoms. The SMILES string of the molecule is CCCc1c(C(=O)O)c(O)cc2c1C(=O)c1c(O)cccc1C2=O. The van der Waals surface area contributed by atoms with Crippen molar-refractivity contribution in [1.82, 2.24) is 0 Å². The van der Waals surface area contributed by atoms with Crippen LogP contribution in [0, 0.1) is 0 Å². The van der Waals surface area contributed by atoms with Gasteiger partial charge in [0, 0.05) is 16.7 Å². The predicted octanol–water partition coefficient (Wildman–Crippen LogP) is 2.52. The van der Waals surface area contributed by atoms with Crippen LogP contribution in [0.4, 0.5) is 0 Å². The van der Waals surface area contributed by atoms with Crippen LogP contribution in [0.25, 0.3) is 0 Å². The van der Waals surface area contributed by atoms with E-state index < -0.39 is 23.3 Å². The second kappa shape index (κ2) is 5.49. The van der Waals surface area contributed by atoms with Gasteiger partial charge in [-0.1, -0.05) is 25.5 Å². The fourth-order valence-corrected chi connectivity index (χ4v) is 3.14. The van der Waals surface area contributed by atoms with Crippen molar-refractivity contribution in [3.05, 3.63) is 57.6 Å². The molecular weight excluding hydrogens is 312 g/mol. The topological polar surface area (TPSA) is 112 Å². The molecule has 1 aliphatic carbocycles. The van der Waals surface area contributed by atoms with E-state index in [4.69, 9.17) is 0 Å². The monoisotopic (exact) mass is 326 g/mol. The summed E-state index contributed by atoms with van der Waals surface area (Å²) in [6.45, 7) is 1.79. The van der Waals surface area contributed by atoms with E-state index in [0.717, 1.165) is 6.07 Å². The summed E-state index contributed by atoms with van der Waals surface area (Å²) in [7, 11) is 0. The maximum absolute atomic E-state index is 12.9. The summed E-state index contributed by atoms with van der Waals surface area (Å²) in [6.07, 6.45) is 0.728. The molecule has 0 saturated carbocycles. The van der Waals surface area contributed by atoms with Gasteiger partial charge in [0.05, 0.1) is 5.56 Å². The van der Waals surface area contributed by atoms with Crippen LogP contribution < -0.4 is 0 Å². The smallest absolute Gasteiger partial charge is 0.339 e. The third kappa shape index (κ3) is 2.07. The summed E-state index contributed by atoms with van der Waals surface area (Å²) in [5, 5.41) is 29.4. The van der Waals surface area contributed by atoms with Crippen LogP contribution in [-0.2, 0) is 6.42 Å². The third-order valence-corrected chi connectivity index (χ3v) is 4.11. The first-order valence-corrected chi connectivity index (χ1v) is 7.42. The Hall–Kier alpha value is -3.15. The van der Waals surface area contributed by atoms with Crippen molar-refractivity contribution >= 4 is 17.5 Å². The fraction of sp³-hybridized carbons (Fsp3) is 0.167. The van der Waals surface area contributed by atoms with Gasteiger partial charge in [-0.05, 0) is 24.1 Å². The molecule has 0 amide bonds. The number of carboxylic acids is 1. The van der Waals surface area contributed by atoms with Crippen LogP contribution in [-0.4, -0.2) is 32.9 Å². The predicted molar refractivity (Wildman–Crippen MR) is 84.0 cm³/mol. The van der Waals surface area contributed by atoms with Gasteiger partial charge in [0.15, 0.2) is 11.6 Å². The molecule has 0 heterocycles. The minimum atomic E-state index is -1.37. The molecule has 6 nitrogen and oxygen atoms in total. The maximum Gasteiger partial charge on any atom is 0.339 e. The number of carbonyl (C=O) groups is 3. The molecule has 0 fully saturated rings. The normalized spacial score (nSPS) is 12.7. The maximum atomic E-state index is 12.9. The molecule has 3 N–H and O–H groups in total. The summed E-state index contributed by atoms with van der Waals surface area (Å²) in [5.41, 5.74) is -0.440. The number of phenols is 2. The number of benzene rings is 2. The Morgan fingerprint density at radius 1 is 1.00 bits per heavy atom. The van der Waals surface area contributed by atoms with Crippen molar-refractivity contribution in [2.75, 3.05) is 0 Å². The Balaban J connectivity index is 2.41. The lowest BCUT2D eigenvalue weighted by atomic mass is 9.79. The first kappa shape index (κ1) is 15.7. The van der Waals surface area contributed by atoms with Crippen molar-refractivity contribution in [3.8, 4) is 11.5 Å². The van der Waals surface area contributed by atoms with Gasteiger partial charge in [-0.2, -0.15) is 0 Å². The highest BCUT2D eigenvalue weighted by Gasteiger charge is 2.36. The fourth-order valence-electron chi connectivity index (χ4n) is 3.14. The van der Waals surface area contributed by atoms with Crippen LogP contribution in [0.1, 0.15) is 61.1 Å². The van der Waals surface area contributed by atoms with E-state index in [1.54, 1.807) is 6.92 Å². The average molecular weight is 326 g/mol. The van der Waals surface area contributed by atoms with Crippen molar-refractivity contribution in [2.24, 2.45) is 0 Å². The summed E-state index contributed by atoms with van der Waals surface area (Å²) in [4.78, 5) is 37.0. The lowest BCUT2D eigenvalue weighted by Gasteiger charge is -2.22. The van der Waals surface area contributed by atoms with Crippen LogP contribution in [0.3, 0.4) is 0 Å². The highest BCUT2D eigenvalue weighted by molar-refractivity contribution is 6.30. The molecule has 0 spiro atoms. The van der Waals surface area contributed by atoms with Gasteiger partial charge in [-0.15, -0.1) is 0 Å². The molecule has 0 bridgehead atoms. The van der Waals surface area contributed by atoms with Crippen molar-refractivity contribution in [3.63, 3.8) is 0 Å². The highest BCUT2D eigenvalue weighted by Crippen LogP contribution is 2.38. The summed E-state index contributed by atoms with van der Waals surface area (Å²) < 4.78 is 0. The molecule has 0 unspecified atom stereocenters. The van der Waals surface area contributed by atoms with Crippen LogP contribution >= 0.6 is 0 Å². The van der Waals surface area contributed by atoms with E-state index in [2.05, 4.69) is 0 Å². The quantitative estimate of drug-likeness (QED) is 0.682. The average Bonchev–Trinajstić information content (AvgIpc) is 2.51. The van der Waals surface area contributed by atoms with Gasteiger partial charge in [0.2, 0.25) is 0 Å². The first-order valence-electron chi connectivity index (χ1n) is 7.42. The van der Waals surface area contributed by atoms with E-state index in [-0.39, 0.29) is 45.6 Å². The summed E-state index contributed by atoms with van der Waals surface area (Å²) in [6, 6.07) is 5.18. The van der Waals surface area contributed by atoms with E-state index >= 15 is 0 Å². The molecule has 122 valence electrons. The van der Waals surface area contributed by atoms with Gasteiger partial charge in [-0.25, -0.2) is 4.79 Å². The molecule has 0 radical (unpaired) electrons. The Kier molecular flexibility index (Phi) is 3.60. The Bertz CT molecular complexity index is 910. The number of hydrogen-bond acceptors (Lipinski definition) is 5. The van der Waals surface area contributed by atoms with Crippen LogP contribution in [0.2, 0.25) is 0 Å². The molecular formula is C18H14O6. The molecule has 0 aromatic heterocycles. The number of carbonyl (C=O) groups excluding carboxylic acids is 2. The second-order valence-electron chi connectivity index (χ2n) is 5.58. The highest BCUT2D eigenvalue weighted by atomic mass is 16.4. The number of rotatable bonds is 3. The van der Waals surface area contributed by atoms with Crippen molar-refractivity contribution < 1.29 is 29.7 Å². The number of aromatic carboxylic acids is 1. The van der Waals surface area contributed by atoms with Crippen molar-refractivity contribution in [1.29, 1.82) is 0 Å². The lowest BCUT2D eigenvalue weighted by Crippen LogP contribution is -2.24. The number of hydrogen-bond donors (Lipinski definition) is 3. The number of aromatic hydroxyl groups is 2. The zero-order valence-electron chi connectivity index (χ0n) is 12.8. The van der Waals surface area contributed by atoms with E-state index in [9.17, 15) is 29.7 Å². The van der Waals surface area contributed by atoms with Gasteiger partial charge in [-0.3, -0.25) is 9.59 Å². The minimum absolute atomic E-state index is 0.0379. The summed E-state index contributed by atoms with van der Waals surface area (Å²) in [5.74, 6) is -3.39. The Morgan fingerprint density at radius 2 is 1.71 bits per heavy atom. The number of carboxylic acid groups (broad SMARTS) is 1. The number of fused-ring (bicyclic) bond motifs is 2. The Labute approximate surface area is 137 Å². The molecule has 2 aromatic carbocycles. The molecule has 2 aromatic rings. The van der Waals surface area contributed by atoms with Gasteiger partial charge < -0.3 is 15.3 Å². The first-order chi connectivity index (χ1) is 11.4. The minimum Gasteiger partial charge on any atom is -0.507 e. The largest absolute Gasteiger partial charge is 0.507 e. The number of ketones is 2. The summed E-state index contributed by atoms with van der Waals surface area (Å²) >= 11 is 0. The Morgan fingerprint density at radius 3 is 2.33 bits per heavy atom. The van der Waals surface area contributed by atoms with Gasteiger partial charge in [0.1, 0.15) is 17.1 Å². The molecule has 1 aliphatic rings. The van der Waals surface area contributed by atoms with Gasteiger partial charge >= 0.3 is 5.97 Å². The van der Waals surface area contributed by atoms with Crippen molar-refractivity contribution in [2.45, 2.75) is 19.8 Å². The van der Waals surface area contributed by atoms with Crippen LogP contribution in [0.15, 0.2) is 24.3 Å².